The number of aliphatic hydroxyl groups excluding tert-OH is 1. The van der Waals surface area contributed by atoms with Gasteiger partial charge < -0.3 is 9.53 Å². The van der Waals surface area contributed by atoms with Crippen LogP contribution in [0, 0.1) is 11.3 Å². The van der Waals surface area contributed by atoms with Gasteiger partial charge >= 0.3 is 0 Å². The first-order valence-corrected chi connectivity index (χ1v) is 11.7. The normalized spacial score (nSPS) is 19.4. The Morgan fingerprint density at radius 1 is 1.23 bits per heavy atom. The van der Waals surface area contributed by atoms with Crippen molar-refractivity contribution in [2.75, 3.05) is 12.4 Å². The van der Waals surface area contributed by atoms with Crippen LogP contribution in [0.25, 0.3) is 0 Å². The number of allylic oxidation sites excluding steroid dienone is 2. The Labute approximate surface area is 141 Å². The number of hydrogen-bond donors (Lipinski definition) is 1. The van der Waals surface area contributed by atoms with Gasteiger partial charge in [0.25, 0.3) is 9.04 Å². The summed E-state index contributed by atoms with van der Waals surface area (Å²) < 4.78 is 6.14. The first kappa shape index (κ1) is 19.8. The largest absolute Gasteiger partial charge is 0.544 e. The van der Waals surface area contributed by atoms with E-state index in [1.165, 1.54) is 0 Å². The zero-order valence-corrected chi connectivity index (χ0v) is 16.5. The smallest absolute Gasteiger partial charge is 0.273 e. The first-order valence-electron chi connectivity index (χ1n) is 8.26. The van der Waals surface area contributed by atoms with Crippen LogP contribution in [0.5, 0.6) is 0 Å². The molecule has 0 amide bonds. The zero-order valence-electron chi connectivity index (χ0n) is 14.7. The molecule has 0 spiro atoms. The first-order chi connectivity index (χ1) is 10.3. The maximum atomic E-state index is 12.4. The van der Waals surface area contributed by atoms with E-state index in [4.69, 9.17) is 9.53 Å². The van der Waals surface area contributed by atoms with Gasteiger partial charge in [0, 0.05) is 18.9 Å². The SMILES string of the molecule is C[Si](C)OC1=C(SCCCCCCO)C(=O)CC1C(C)(C)C. The van der Waals surface area contributed by atoms with E-state index >= 15 is 0 Å². The monoisotopic (exact) mass is 343 g/mol. The Balaban J connectivity index is 2.69. The second-order valence-electron chi connectivity index (χ2n) is 7.24. The van der Waals surface area contributed by atoms with Crippen LogP contribution in [0.15, 0.2) is 10.7 Å². The molecule has 0 aliphatic heterocycles. The molecule has 1 N–H and O–H groups in total. The summed E-state index contributed by atoms with van der Waals surface area (Å²) in [6, 6.07) is 0. The zero-order chi connectivity index (χ0) is 16.8. The van der Waals surface area contributed by atoms with E-state index in [2.05, 4.69) is 33.9 Å². The van der Waals surface area contributed by atoms with Crippen LogP contribution in [-0.4, -0.2) is 32.3 Å². The fourth-order valence-corrected chi connectivity index (χ4v) is 4.48. The van der Waals surface area contributed by atoms with Gasteiger partial charge in [0.15, 0.2) is 5.78 Å². The number of Topliss-reactive ketones (excluding diaryl/α,β-unsaturated/α-hetero) is 1. The fourth-order valence-electron chi connectivity index (χ4n) is 2.60. The molecular weight excluding hydrogens is 312 g/mol. The second-order valence-corrected chi connectivity index (χ2v) is 10.4. The average Bonchev–Trinajstić information content (AvgIpc) is 2.70. The van der Waals surface area contributed by atoms with Crippen molar-refractivity contribution in [3.05, 3.63) is 10.7 Å². The minimum atomic E-state index is -0.858. The van der Waals surface area contributed by atoms with E-state index in [0.717, 1.165) is 42.1 Å². The molecule has 0 saturated carbocycles. The molecule has 1 radical (unpaired) electrons. The van der Waals surface area contributed by atoms with Gasteiger partial charge in [-0.15, -0.1) is 11.8 Å². The fraction of sp³-hybridized carbons (Fsp3) is 0.824. The van der Waals surface area contributed by atoms with Gasteiger partial charge in [-0.2, -0.15) is 0 Å². The predicted octanol–water partition coefficient (Wildman–Crippen LogP) is 4.39. The van der Waals surface area contributed by atoms with Gasteiger partial charge in [0.05, 0.1) is 4.91 Å². The molecule has 0 fully saturated rings. The van der Waals surface area contributed by atoms with Crippen LogP contribution >= 0.6 is 11.8 Å². The molecule has 5 heteroatoms. The summed E-state index contributed by atoms with van der Waals surface area (Å²) in [7, 11) is -0.858. The lowest BCUT2D eigenvalue weighted by Gasteiger charge is -2.29. The molecule has 1 unspecified atom stereocenters. The highest BCUT2D eigenvalue weighted by molar-refractivity contribution is 8.04. The third-order valence-electron chi connectivity index (χ3n) is 3.84. The van der Waals surface area contributed by atoms with Crippen molar-refractivity contribution in [3.8, 4) is 0 Å². The molecule has 1 aliphatic rings. The van der Waals surface area contributed by atoms with E-state index in [1.54, 1.807) is 11.8 Å². The van der Waals surface area contributed by atoms with E-state index < -0.39 is 9.04 Å². The van der Waals surface area contributed by atoms with Crippen molar-refractivity contribution in [1.82, 2.24) is 0 Å². The van der Waals surface area contributed by atoms with Crippen molar-refractivity contribution in [2.24, 2.45) is 11.3 Å². The van der Waals surface area contributed by atoms with Gasteiger partial charge in [0.1, 0.15) is 5.76 Å². The summed E-state index contributed by atoms with van der Waals surface area (Å²) in [6.07, 6.45) is 4.75. The molecule has 0 aromatic heterocycles. The molecule has 0 aromatic carbocycles. The molecule has 1 rings (SSSR count). The van der Waals surface area contributed by atoms with Crippen molar-refractivity contribution < 1.29 is 14.3 Å². The topological polar surface area (TPSA) is 46.5 Å². The number of carbonyl (C=O) groups is 1. The van der Waals surface area contributed by atoms with Crippen molar-refractivity contribution in [1.29, 1.82) is 0 Å². The highest BCUT2D eigenvalue weighted by Gasteiger charge is 2.40. The number of ketones is 1. The number of hydrogen-bond acceptors (Lipinski definition) is 4. The summed E-state index contributed by atoms with van der Waals surface area (Å²) in [4.78, 5) is 13.3. The minimum Gasteiger partial charge on any atom is -0.544 e. The van der Waals surface area contributed by atoms with Gasteiger partial charge in [-0.25, -0.2) is 0 Å². The lowest BCUT2D eigenvalue weighted by atomic mass is 9.79. The number of rotatable bonds is 9. The minimum absolute atomic E-state index is 0.0613. The lowest BCUT2D eigenvalue weighted by molar-refractivity contribution is -0.115. The highest BCUT2D eigenvalue weighted by atomic mass is 32.2. The molecule has 0 heterocycles. The Morgan fingerprint density at radius 3 is 2.41 bits per heavy atom. The Morgan fingerprint density at radius 2 is 1.86 bits per heavy atom. The molecule has 1 aliphatic carbocycles. The van der Waals surface area contributed by atoms with E-state index in [0.29, 0.717) is 6.42 Å². The van der Waals surface area contributed by atoms with Gasteiger partial charge in [-0.3, -0.25) is 4.79 Å². The van der Waals surface area contributed by atoms with Gasteiger partial charge in [0.2, 0.25) is 0 Å². The summed E-state index contributed by atoms with van der Waals surface area (Å²) in [5.74, 6) is 2.42. The quantitative estimate of drug-likeness (QED) is 0.498. The van der Waals surface area contributed by atoms with Crippen LogP contribution in [0.1, 0.15) is 52.9 Å². The van der Waals surface area contributed by atoms with E-state index in [1.807, 2.05) is 0 Å². The molecule has 0 bridgehead atoms. The number of unbranched alkanes of at least 4 members (excludes halogenated alkanes) is 3. The van der Waals surface area contributed by atoms with Crippen LogP contribution in [0.2, 0.25) is 13.1 Å². The number of carbonyl (C=O) groups excluding carboxylic acids is 1. The van der Waals surface area contributed by atoms with Crippen molar-refractivity contribution in [3.63, 3.8) is 0 Å². The standard InChI is InChI=1S/C17H31O3SSi/c1-17(2,3)13-12-14(19)16(15(13)20-22(4)5)21-11-9-7-6-8-10-18/h13,18H,6-12H2,1-5H3. The predicted molar refractivity (Wildman–Crippen MR) is 96.2 cm³/mol. The average molecular weight is 344 g/mol. The summed E-state index contributed by atoms with van der Waals surface area (Å²) in [5, 5.41) is 8.78. The van der Waals surface area contributed by atoms with E-state index in [9.17, 15) is 4.79 Å². The molecule has 0 aromatic rings. The second kappa shape index (κ2) is 9.14. The summed E-state index contributed by atoms with van der Waals surface area (Å²) in [6.45, 7) is 11.1. The van der Waals surface area contributed by atoms with Crippen molar-refractivity contribution >= 4 is 26.6 Å². The van der Waals surface area contributed by atoms with Crippen LogP contribution in [0.3, 0.4) is 0 Å². The molecule has 22 heavy (non-hydrogen) atoms. The van der Waals surface area contributed by atoms with Gasteiger partial charge in [-0.05, 0) is 37.1 Å². The molecule has 0 saturated heterocycles. The van der Waals surface area contributed by atoms with Gasteiger partial charge in [-0.1, -0.05) is 33.6 Å². The summed E-state index contributed by atoms with van der Waals surface area (Å²) >= 11 is 1.68. The Bertz CT molecular complexity index is 399. The highest BCUT2D eigenvalue weighted by Crippen LogP contribution is 2.45. The molecule has 1 atom stereocenters. The maximum absolute atomic E-state index is 12.4. The number of thioether (sulfide) groups is 1. The molecule has 127 valence electrons. The van der Waals surface area contributed by atoms with Crippen LogP contribution in [-0.2, 0) is 9.22 Å². The van der Waals surface area contributed by atoms with Crippen LogP contribution in [0.4, 0.5) is 0 Å². The number of aliphatic hydroxyl groups is 1. The molecular formula is C17H31O3SSi. The lowest BCUT2D eigenvalue weighted by Crippen LogP contribution is -2.24. The third kappa shape index (κ3) is 6.09. The third-order valence-corrected chi connectivity index (χ3v) is 5.68. The molecule has 3 nitrogen and oxygen atoms in total. The van der Waals surface area contributed by atoms with E-state index in [-0.39, 0.29) is 23.7 Å². The van der Waals surface area contributed by atoms with Crippen molar-refractivity contribution in [2.45, 2.75) is 66.0 Å². The van der Waals surface area contributed by atoms with Crippen LogP contribution < -0.4 is 0 Å². The Kier molecular flexibility index (Phi) is 8.21. The maximum Gasteiger partial charge on any atom is 0.273 e. The Hall–Kier alpha value is -0.263. The summed E-state index contributed by atoms with van der Waals surface area (Å²) in [5.41, 5.74) is 0.0613.